The number of piperidine rings is 1. The van der Waals surface area contributed by atoms with E-state index < -0.39 is 0 Å². The highest BCUT2D eigenvalue weighted by Gasteiger charge is 2.23. The number of hydrogen-bond donors (Lipinski definition) is 1. The van der Waals surface area contributed by atoms with Gasteiger partial charge >= 0.3 is 0 Å². The third-order valence-corrected chi connectivity index (χ3v) is 5.38. The number of aryl methyl sites for hydroxylation is 2. The van der Waals surface area contributed by atoms with Crippen LogP contribution in [0.5, 0.6) is 0 Å². The summed E-state index contributed by atoms with van der Waals surface area (Å²) < 4.78 is 0. The Balaban J connectivity index is 1.49. The number of rotatable bonds is 4. The molecule has 0 radical (unpaired) electrons. The summed E-state index contributed by atoms with van der Waals surface area (Å²) in [4.78, 5) is 24.3. The second-order valence-electron chi connectivity index (χ2n) is 7.69. The van der Waals surface area contributed by atoms with Crippen molar-refractivity contribution in [3.05, 3.63) is 71.2 Å². The van der Waals surface area contributed by atoms with Crippen molar-refractivity contribution in [3.8, 4) is 0 Å². The fourth-order valence-electron chi connectivity index (χ4n) is 4.04. The molecule has 3 aromatic rings. The number of likely N-dealkylation sites (tertiary alicyclic amines) is 1. The molecule has 1 amide bonds. The van der Waals surface area contributed by atoms with Crippen LogP contribution in [0.4, 0.5) is 0 Å². The van der Waals surface area contributed by atoms with E-state index in [0.717, 1.165) is 60.2 Å². The Morgan fingerprint density at radius 2 is 2.14 bits per heavy atom. The Labute approximate surface area is 165 Å². The van der Waals surface area contributed by atoms with E-state index in [2.05, 4.69) is 26.3 Å². The highest BCUT2D eigenvalue weighted by Crippen LogP contribution is 2.22. The molecule has 0 bridgehead atoms. The number of benzene rings is 1. The zero-order chi connectivity index (χ0) is 19.5. The molecule has 5 heteroatoms. The summed E-state index contributed by atoms with van der Waals surface area (Å²) in [5, 5.41) is 4.19. The number of nitrogens with one attached hydrogen (secondary N) is 1. The largest absolute Gasteiger partial charge is 0.348 e. The minimum Gasteiger partial charge on any atom is -0.348 e. The van der Waals surface area contributed by atoms with Gasteiger partial charge in [0.15, 0.2) is 0 Å². The molecule has 28 heavy (non-hydrogen) atoms. The van der Waals surface area contributed by atoms with Gasteiger partial charge in [-0.15, -0.1) is 0 Å². The van der Waals surface area contributed by atoms with Crippen LogP contribution in [0.3, 0.4) is 0 Å². The molecule has 1 atom stereocenters. The molecule has 5 nitrogen and oxygen atoms in total. The molecule has 1 aliphatic heterocycles. The summed E-state index contributed by atoms with van der Waals surface area (Å²) in [6.07, 6.45) is 5.80. The van der Waals surface area contributed by atoms with E-state index in [-0.39, 0.29) is 11.9 Å². The van der Waals surface area contributed by atoms with E-state index in [9.17, 15) is 4.79 Å². The molecule has 1 unspecified atom stereocenters. The Hall–Kier alpha value is -2.79. The smallest absolute Gasteiger partial charge is 0.252 e. The van der Waals surface area contributed by atoms with Gasteiger partial charge in [-0.2, -0.15) is 0 Å². The van der Waals surface area contributed by atoms with Gasteiger partial charge in [-0.25, -0.2) is 0 Å². The van der Waals surface area contributed by atoms with Crippen LogP contribution in [0.15, 0.2) is 48.8 Å². The number of fused-ring (bicyclic) bond motifs is 1. The molecule has 0 aliphatic carbocycles. The van der Waals surface area contributed by atoms with Crippen molar-refractivity contribution >= 4 is 16.8 Å². The van der Waals surface area contributed by atoms with Crippen LogP contribution >= 0.6 is 0 Å². The first kappa shape index (κ1) is 18.6. The van der Waals surface area contributed by atoms with Gasteiger partial charge in [-0.05, 0) is 56.5 Å². The van der Waals surface area contributed by atoms with Crippen molar-refractivity contribution in [3.63, 3.8) is 0 Å². The quantitative estimate of drug-likeness (QED) is 0.757. The van der Waals surface area contributed by atoms with Crippen LogP contribution in [0.25, 0.3) is 10.9 Å². The second-order valence-corrected chi connectivity index (χ2v) is 7.69. The average molecular weight is 374 g/mol. The third-order valence-electron chi connectivity index (χ3n) is 5.38. The lowest BCUT2D eigenvalue weighted by Gasteiger charge is -2.33. The number of carbonyl (C=O) groups is 1. The number of amides is 1. The SMILES string of the molecule is Cc1cc(C(=O)NC2CCCN(Cc3cccnc3)C2)c2cccc(C)c2n1. The van der Waals surface area contributed by atoms with Crippen LogP contribution in [0, 0.1) is 13.8 Å². The molecule has 1 saturated heterocycles. The molecular formula is C23H26N4O. The maximum atomic E-state index is 13.1. The van der Waals surface area contributed by atoms with Gasteiger partial charge < -0.3 is 5.32 Å². The lowest BCUT2D eigenvalue weighted by molar-refractivity contribution is 0.0902. The van der Waals surface area contributed by atoms with E-state index in [1.807, 2.05) is 50.4 Å². The molecule has 0 spiro atoms. The van der Waals surface area contributed by atoms with Gasteiger partial charge in [-0.1, -0.05) is 24.3 Å². The van der Waals surface area contributed by atoms with E-state index in [1.54, 1.807) is 6.20 Å². The summed E-state index contributed by atoms with van der Waals surface area (Å²) >= 11 is 0. The number of aromatic nitrogens is 2. The zero-order valence-corrected chi connectivity index (χ0v) is 16.5. The molecule has 1 N–H and O–H groups in total. The Bertz CT molecular complexity index is 987. The lowest BCUT2D eigenvalue weighted by atomic mass is 10.0. The lowest BCUT2D eigenvalue weighted by Crippen LogP contribution is -2.47. The number of hydrogen-bond acceptors (Lipinski definition) is 4. The number of carbonyl (C=O) groups excluding carboxylic acids is 1. The topological polar surface area (TPSA) is 58.1 Å². The molecule has 1 aliphatic rings. The van der Waals surface area contributed by atoms with Gasteiger partial charge in [-0.3, -0.25) is 19.7 Å². The normalized spacial score (nSPS) is 17.6. The minimum atomic E-state index is -0.00525. The Morgan fingerprint density at radius 1 is 1.25 bits per heavy atom. The van der Waals surface area contributed by atoms with Crippen molar-refractivity contribution < 1.29 is 4.79 Å². The van der Waals surface area contributed by atoms with Crippen molar-refractivity contribution in [2.45, 2.75) is 39.3 Å². The maximum Gasteiger partial charge on any atom is 0.252 e. The summed E-state index contributed by atoms with van der Waals surface area (Å²) in [6.45, 7) is 6.77. The molecule has 3 heterocycles. The number of para-hydroxylation sites is 1. The van der Waals surface area contributed by atoms with E-state index in [4.69, 9.17) is 0 Å². The molecular weight excluding hydrogens is 348 g/mol. The summed E-state index contributed by atoms with van der Waals surface area (Å²) in [5.74, 6) is -0.00525. The molecule has 1 fully saturated rings. The first-order chi connectivity index (χ1) is 13.6. The van der Waals surface area contributed by atoms with Gasteiger partial charge in [0.05, 0.1) is 11.1 Å². The highest BCUT2D eigenvalue weighted by molar-refractivity contribution is 6.06. The van der Waals surface area contributed by atoms with Gasteiger partial charge in [0.1, 0.15) is 0 Å². The maximum absolute atomic E-state index is 13.1. The van der Waals surface area contributed by atoms with Crippen molar-refractivity contribution in [1.82, 2.24) is 20.2 Å². The summed E-state index contributed by atoms with van der Waals surface area (Å²) in [5.41, 5.74) is 4.80. The van der Waals surface area contributed by atoms with Gasteiger partial charge in [0.25, 0.3) is 5.91 Å². The first-order valence-electron chi connectivity index (χ1n) is 9.89. The minimum absolute atomic E-state index is 0.00525. The van der Waals surface area contributed by atoms with Crippen LogP contribution in [0.1, 0.15) is 40.0 Å². The predicted molar refractivity (Wildman–Crippen MR) is 111 cm³/mol. The summed E-state index contributed by atoms with van der Waals surface area (Å²) in [6, 6.07) is 12.1. The predicted octanol–water partition coefficient (Wildman–Crippen LogP) is 3.64. The molecule has 4 rings (SSSR count). The Morgan fingerprint density at radius 3 is 2.96 bits per heavy atom. The average Bonchev–Trinajstić information content (AvgIpc) is 2.69. The highest BCUT2D eigenvalue weighted by atomic mass is 16.1. The second kappa shape index (κ2) is 8.07. The first-order valence-corrected chi connectivity index (χ1v) is 9.89. The van der Waals surface area contributed by atoms with Gasteiger partial charge in [0.2, 0.25) is 0 Å². The molecule has 0 saturated carbocycles. The number of pyridine rings is 2. The van der Waals surface area contributed by atoms with E-state index >= 15 is 0 Å². The Kier molecular flexibility index (Phi) is 5.35. The molecule has 144 valence electrons. The van der Waals surface area contributed by atoms with Crippen molar-refractivity contribution in [2.24, 2.45) is 0 Å². The molecule has 1 aromatic carbocycles. The van der Waals surface area contributed by atoms with E-state index in [0.29, 0.717) is 0 Å². The summed E-state index contributed by atoms with van der Waals surface area (Å²) in [7, 11) is 0. The fourth-order valence-corrected chi connectivity index (χ4v) is 4.04. The zero-order valence-electron chi connectivity index (χ0n) is 16.5. The van der Waals surface area contributed by atoms with Crippen LogP contribution in [-0.4, -0.2) is 39.9 Å². The van der Waals surface area contributed by atoms with Crippen LogP contribution < -0.4 is 5.32 Å². The van der Waals surface area contributed by atoms with Crippen molar-refractivity contribution in [1.29, 1.82) is 0 Å². The van der Waals surface area contributed by atoms with Crippen LogP contribution in [0.2, 0.25) is 0 Å². The van der Waals surface area contributed by atoms with Crippen molar-refractivity contribution in [2.75, 3.05) is 13.1 Å². The van der Waals surface area contributed by atoms with Gasteiger partial charge in [0, 0.05) is 42.6 Å². The van der Waals surface area contributed by atoms with Crippen LogP contribution in [-0.2, 0) is 6.54 Å². The number of nitrogens with zero attached hydrogens (tertiary/aromatic N) is 3. The van der Waals surface area contributed by atoms with E-state index in [1.165, 1.54) is 5.56 Å². The third kappa shape index (κ3) is 4.04. The fraction of sp³-hybridized carbons (Fsp3) is 0.348. The molecule has 2 aromatic heterocycles. The monoisotopic (exact) mass is 374 g/mol. The standard InChI is InChI=1S/C23H26N4O/c1-16-6-3-9-20-21(12-17(2)25-22(16)20)23(28)26-19-8-5-11-27(15-19)14-18-7-4-10-24-13-18/h3-4,6-7,9-10,12-13,19H,5,8,11,14-15H2,1-2H3,(H,26,28).